The molecule has 0 radical (unpaired) electrons. The molecule has 2 atom stereocenters. The zero-order valence-corrected chi connectivity index (χ0v) is 20.5. The molecular formula is C21H25Cl2N3O3S2. The van der Waals surface area contributed by atoms with Crippen LogP contribution in [0.1, 0.15) is 27.9 Å². The molecule has 10 heteroatoms. The van der Waals surface area contributed by atoms with E-state index in [-0.39, 0.29) is 17.1 Å². The molecule has 2 unspecified atom stereocenters. The van der Waals surface area contributed by atoms with Gasteiger partial charge in [-0.2, -0.15) is 0 Å². The number of carbonyl (C=O) groups is 2. The molecular weight excluding hydrogens is 477 g/mol. The Labute approximate surface area is 200 Å². The van der Waals surface area contributed by atoms with Crippen molar-refractivity contribution in [3.8, 4) is 0 Å². The quantitative estimate of drug-likeness (QED) is 0.298. The number of aromatic nitrogens is 1. The maximum Gasteiger partial charge on any atom is 0.171 e. The molecule has 6 nitrogen and oxygen atoms in total. The SMILES string of the molecule is CC(=O)c1sc(SC(C=O)CNCC2CN(Cc3ccc(Cl)c(Cl)c3)CCO2)nc1C. The number of morpholine rings is 1. The fourth-order valence-electron chi connectivity index (χ4n) is 3.33. The summed E-state index contributed by atoms with van der Waals surface area (Å²) in [5.41, 5.74) is 1.83. The number of nitrogens with zero attached hydrogens (tertiary/aromatic N) is 2. The van der Waals surface area contributed by atoms with Crippen LogP contribution in [0.4, 0.5) is 0 Å². The Hall–Kier alpha value is -1.00. The summed E-state index contributed by atoms with van der Waals surface area (Å²) >= 11 is 14.8. The first-order valence-corrected chi connectivity index (χ1v) is 12.4. The van der Waals surface area contributed by atoms with Gasteiger partial charge in [0.2, 0.25) is 0 Å². The number of Topliss-reactive ketones (excluding diaryl/α,β-unsaturated/α-hetero) is 1. The Kier molecular flexibility index (Phi) is 9.33. The number of carbonyl (C=O) groups excluding carboxylic acids is 2. The van der Waals surface area contributed by atoms with Crippen molar-refractivity contribution in [3.05, 3.63) is 44.4 Å². The molecule has 0 aliphatic carbocycles. The van der Waals surface area contributed by atoms with Crippen LogP contribution < -0.4 is 5.32 Å². The lowest BCUT2D eigenvalue weighted by molar-refractivity contribution is -0.107. The van der Waals surface area contributed by atoms with Crippen LogP contribution >= 0.6 is 46.3 Å². The van der Waals surface area contributed by atoms with E-state index < -0.39 is 0 Å². The van der Waals surface area contributed by atoms with E-state index in [2.05, 4.69) is 15.2 Å². The average molecular weight is 502 g/mol. The van der Waals surface area contributed by atoms with Crippen LogP contribution in [0.2, 0.25) is 10.0 Å². The van der Waals surface area contributed by atoms with Gasteiger partial charge in [-0.1, -0.05) is 41.0 Å². The Balaban J connectivity index is 1.45. The van der Waals surface area contributed by atoms with Gasteiger partial charge in [0.25, 0.3) is 0 Å². The number of halogens is 2. The number of nitrogens with one attached hydrogen (secondary N) is 1. The summed E-state index contributed by atoms with van der Waals surface area (Å²) in [7, 11) is 0. The van der Waals surface area contributed by atoms with Gasteiger partial charge in [0, 0.05) is 39.6 Å². The van der Waals surface area contributed by atoms with Crippen LogP contribution in [0.5, 0.6) is 0 Å². The van der Waals surface area contributed by atoms with E-state index in [1.165, 1.54) is 30.0 Å². The molecule has 1 saturated heterocycles. The number of hydrogen-bond acceptors (Lipinski definition) is 8. The van der Waals surface area contributed by atoms with Crippen molar-refractivity contribution in [2.45, 2.75) is 36.1 Å². The molecule has 0 bridgehead atoms. The minimum atomic E-state index is -0.277. The standard InChI is InChI=1S/C21H25Cl2N3O3S2/c1-13-20(14(2)28)31-21(25-13)30-17(12-27)9-24-8-16-11-26(5-6-29-16)10-15-3-4-18(22)19(23)7-15/h3-4,7,12,16-17,24H,5-6,8-11H2,1-2H3. The van der Waals surface area contributed by atoms with Gasteiger partial charge < -0.3 is 14.8 Å². The van der Waals surface area contributed by atoms with Crippen molar-refractivity contribution in [3.63, 3.8) is 0 Å². The van der Waals surface area contributed by atoms with Crippen molar-refractivity contribution >= 4 is 58.4 Å². The molecule has 1 aromatic heterocycles. The first-order chi connectivity index (χ1) is 14.9. The summed E-state index contributed by atoms with van der Waals surface area (Å²) < 4.78 is 6.61. The van der Waals surface area contributed by atoms with Gasteiger partial charge >= 0.3 is 0 Å². The molecule has 31 heavy (non-hydrogen) atoms. The lowest BCUT2D eigenvalue weighted by Gasteiger charge is -2.33. The number of benzene rings is 1. The lowest BCUT2D eigenvalue weighted by Crippen LogP contribution is -2.47. The number of hydrogen-bond donors (Lipinski definition) is 1. The molecule has 3 rings (SSSR count). The highest BCUT2D eigenvalue weighted by atomic mass is 35.5. The zero-order chi connectivity index (χ0) is 22.4. The molecule has 2 aromatic rings. The minimum Gasteiger partial charge on any atom is -0.374 e. The van der Waals surface area contributed by atoms with E-state index in [1.54, 1.807) is 0 Å². The van der Waals surface area contributed by atoms with Crippen LogP contribution in [0, 0.1) is 6.92 Å². The van der Waals surface area contributed by atoms with Gasteiger partial charge in [-0.05, 0) is 24.6 Å². The van der Waals surface area contributed by atoms with Gasteiger partial charge in [-0.3, -0.25) is 9.69 Å². The molecule has 1 aromatic carbocycles. The van der Waals surface area contributed by atoms with Crippen LogP contribution in [-0.4, -0.2) is 66.1 Å². The van der Waals surface area contributed by atoms with E-state index in [1.807, 2.05) is 25.1 Å². The number of thioether (sulfide) groups is 1. The predicted octanol–water partition coefficient (Wildman–Crippen LogP) is 4.11. The van der Waals surface area contributed by atoms with Crippen molar-refractivity contribution in [1.82, 2.24) is 15.2 Å². The fraction of sp³-hybridized carbons (Fsp3) is 0.476. The highest BCUT2D eigenvalue weighted by Gasteiger charge is 2.22. The third kappa shape index (κ3) is 7.25. The summed E-state index contributed by atoms with van der Waals surface area (Å²) in [4.78, 5) is 30.5. The number of thiazole rings is 1. The summed E-state index contributed by atoms with van der Waals surface area (Å²) in [5, 5.41) is 4.18. The van der Waals surface area contributed by atoms with E-state index >= 15 is 0 Å². The van der Waals surface area contributed by atoms with Crippen LogP contribution in [0.15, 0.2) is 22.5 Å². The second kappa shape index (κ2) is 11.7. The molecule has 0 amide bonds. The van der Waals surface area contributed by atoms with Crippen molar-refractivity contribution in [2.75, 3.05) is 32.8 Å². The Bertz CT molecular complexity index is 925. The largest absolute Gasteiger partial charge is 0.374 e. The Morgan fingerprint density at radius 3 is 2.94 bits per heavy atom. The molecule has 2 heterocycles. The molecule has 1 fully saturated rings. The number of aryl methyl sites for hydroxylation is 1. The number of ketones is 1. The van der Waals surface area contributed by atoms with Crippen LogP contribution in [0.25, 0.3) is 0 Å². The van der Waals surface area contributed by atoms with Gasteiger partial charge in [-0.25, -0.2) is 4.98 Å². The van der Waals surface area contributed by atoms with E-state index in [4.69, 9.17) is 27.9 Å². The molecule has 0 saturated carbocycles. The third-order valence-electron chi connectivity index (χ3n) is 4.83. The Morgan fingerprint density at radius 2 is 2.26 bits per heavy atom. The number of rotatable bonds is 10. The maximum atomic E-state index is 11.6. The second-order valence-corrected chi connectivity index (χ2v) is 10.7. The summed E-state index contributed by atoms with van der Waals surface area (Å²) in [6.07, 6.45) is 0.959. The molecule has 1 N–H and O–H groups in total. The second-order valence-electron chi connectivity index (χ2n) is 7.38. The molecule has 1 aliphatic heterocycles. The first-order valence-electron chi connectivity index (χ1n) is 9.94. The average Bonchev–Trinajstić information content (AvgIpc) is 3.11. The van der Waals surface area contributed by atoms with Crippen molar-refractivity contribution < 1.29 is 14.3 Å². The van der Waals surface area contributed by atoms with Gasteiger partial charge in [-0.15, -0.1) is 11.3 Å². The smallest absolute Gasteiger partial charge is 0.171 e. The number of ether oxygens (including phenoxy) is 1. The fourth-order valence-corrected chi connectivity index (χ4v) is 5.86. The molecule has 168 valence electrons. The number of aldehydes is 1. The van der Waals surface area contributed by atoms with Crippen molar-refractivity contribution in [2.24, 2.45) is 0 Å². The zero-order valence-electron chi connectivity index (χ0n) is 17.4. The van der Waals surface area contributed by atoms with Crippen LogP contribution in [-0.2, 0) is 16.1 Å². The van der Waals surface area contributed by atoms with Gasteiger partial charge in [0.05, 0.1) is 38.6 Å². The van der Waals surface area contributed by atoms with Gasteiger partial charge in [0.15, 0.2) is 10.1 Å². The minimum absolute atomic E-state index is 0.00232. The molecule has 0 spiro atoms. The summed E-state index contributed by atoms with van der Waals surface area (Å²) in [6, 6.07) is 5.70. The Morgan fingerprint density at radius 1 is 1.45 bits per heavy atom. The van der Waals surface area contributed by atoms with E-state index in [0.717, 1.165) is 41.5 Å². The predicted molar refractivity (Wildman–Crippen MR) is 127 cm³/mol. The normalized spacial score (nSPS) is 18.1. The highest BCUT2D eigenvalue weighted by Crippen LogP contribution is 2.30. The third-order valence-corrected chi connectivity index (χ3v) is 8.04. The first kappa shape index (κ1) is 24.6. The highest BCUT2D eigenvalue weighted by molar-refractivity contribution is 8.02. The topological polar surface area (TPSA) is 71.5 Å². The summed E-state index contributed by atoms with van der Waals surface area (Å²) in [6.45, 7) is 7.59. The lowest BCUT2D eigenvalue weighted by atomic mass is 10.2. The van der Waals surface area contributed by atoms with Crippen LogP contribution in [0.3, 0.4) is 0 Å². The maximum absolute atomic E-state index is 11.6. The molecule has 1 aliphatic rings. The van der Waals surface area contributed by atoms with E-state index in [9.17, 15) is 9.59 Å². The van der Waals surface area contributed by atoms with Crippen molar-refractivity contribution in [1.29, 1.82) is 0 Å². The summed E-state index contributed by atoms with van der Waals surface area (Å²) in [5.74, 6) is 0.00232. The van der Waals surface area contributed by atoms with E-state index in [0.29, 0.717) is 34.6 Å². The monoisotopic (exact) mass is 501 g/mol. The van der Waals surface area contributed by atoms with Gasteiger partial charge in [0.1, 0.15) is 6.29 Å².